The predicted molar refractivity (Wildman–Crippen MR) is 83.0 cm³/mol. The third-order valence-corrected chi connectivity index (χ3v) is 4.34. The molecule has 0 saturated heterocycles. The molecule has 0 spiro atoms. The molecule has 1 aliphatic carbocycles. The van der Waals surface area contributed by atoms with Gasteiger partial charge in [-0.05, 0) is 41.4 Å². The van der Waals surface area contributed by atoms with Crippen molar-refractivity contribution in [2.75, 3.05) is 0 Å². The predicted octanol–water partition coefficient (Wildman–Crippen LogP) is 6.01. The van der Waals surface area contributed by atoms with Gasteiger partial charge < -0.3 is 0 Å². The van der Waals surface area contributed by atoms with Crippen LogP contribution in [0.4, 0.5) is 0 Å². The van der Waals surface area contributed by atoms with E-state index in [9.17, 15) is 0 Å². The minimum absolute atomic E-state index is 0.457. The lowest BCUT2D eigenvalue weighted by Crippen LogP contribution is -1.91. The van der Waals surface area contributed by atoms with E-state index in [1.807, 2.05) is 0 Å². The second kappa shape index (κ2) is 5.02. The van der Waals surface area contributed by atoms with Gasteiger partial charge in [0.1, 0.15) is 0 Å². The summed E-state index contributed by atoms with van der Waals surface area (Å²) < 4.78 is 0. The molecule has 0 unspecified atom stereocenters. The molecule has 98 valence electrons. The molecule has 1 heteroatoms. The van der Waals surface area contributed by atoms with E-state index < -0.39 is 0 Å². The van der Waals surface area contributed by atoms with E-state index in [0.29, 0.717) is 5.92 Å². The fraction of sp³-hybridized carbons (Fsp3) is 0.333. The van der Waals surface area contributed by atoms with Crippen molar-refractivity contribution in [3.8, 4) is 11.1 Å². The highest BCUT2D eigenvalue weighted by Gasteiger charge is 2.23. The Morgan fingerprint density at radius 3 is 2.26 bits per heavy atom. The van der Waals surface area contributed by atoms with Gasteiger partial charge in [-0.2, -0.15) is 0 Å². The van der Waals surface area contributed by atoms with E-state index >= 15 is 0 Å². The smallest absolute Gasteiger partial charge is 0.0518 e. The minimum atomic E-state index is 0.457. The molecule has 1 saturated carbocycles. The van der Waals surface area contributed by atoms with Crippen molar-refractivity contribution >= 4 is 11.6 Å². The fourth-order valence-electron chi connectivity index (χ4n) is 2.57. The first kappa shape index (κ1) is 12.7. The number of halogens is 1. The average molecular weight is 271 g/mol. The second-order valence-corrected chi connectivity index (χ2v) is 6.14. The Morgan fingerprint density at radius 2 is 1.68 bits per heavy atom. The molecule has 0 aromatic heterocycles. The first-order valence-electron chi connectivity index (χ1n) is 7.05. The summed E-state index contributed by atoms with van der Waals surface area (Å²) in [6.07, 6.45) is 2.70. The Bertz CT molecular complexity index is 577. The van der Waals surface area contributed by atoms with Gasteiger partial charge in [0.05, 0.1) is 5.02 Å². The second-order valence-electron chi connectivity index (χ2n) is 5.76. The van der Waals surface area contributed by atoms with Crippen molar-refractivity contribution < 1.29 is 0 Å². The summed E-state index contributed by atoms with van der Waals surface area (Å²) in [6.45, 7) is 4.36. The highest BCUT2D eigenvalue weighted by molar-refractivity contribution is 6.34. The Kier molecular flexibility index (Phi) is 3.36. The van der Waals surface area contributed by atoms with Gasteiger partial charge in [0.25, 0.3) is 0 Å². The van der Waals surface area contributed by atoms with Gasteiger partial charge in [0.15, 0.2) is 0 Å². The van der Waals surface area contributed by atoms with Crippen molar-refractivity contribution in [1.29, 1.82) is 0 Å². The molecule has 0 amide bonds. The Balaban J connectivity index is 1.99. The zero-order chi connectivity index (χ0) is 13.4. The van der Waals surface area contributed by atoms with Gasteiger partial charge in [0, 0.05) is 5.56 Å². The summed E-state index contributed by atoms with van der Waals surface area (Å²) in [5.41, 5.74) is 5.07. The van der Waals surface area contributed by atoms with Crippen LogP contribution in [-0.4, -0.2) is 0 Å². The molecule has 0 nitrogen and oxygen atoms in total. The summed E-state index contributed by atoms with van der Waals surface area (Å²) >= 11 is 6.55. The summed E-state index contributed by atoms with van der Waals surface area (Å²) in [4.78, 5) is 0. The fourth-order valence-corrected chi connectivity index (χ4v) is 3.02. The number of benzene rings is 2. The van der Waals surface area contributed by atoms with Gasteiger partial charge in [-0.25, -0.2) is 0 Å². The molecular weight excluding hydrogens is 252 g/mol. The third-order valence-electron chi connectivity index (χ3n) is 3.92. The lowest BCUT2D eigenvalue weighted by atomic mass is 9.96. The van der Waals surface area contributed by atoms with Gasteiger partial charge in [0.2, 0.25) is 0 Å². The highest BCUT2D eigenvalue weighted by Crippen LogP contribution is 2.41. The molecule has 3 rings (SSSR count). The first-order chi connectivity index (χ1) is 9.16. The van der Waals surface area contributed by atoms with Crippen LogP contribution in [0, 0.1) is 0 Å². The van der Waals surface area contributed by atoms with Crippen LogP contribution in [0.15, 0.2) is 42.5 Å². The van der Waals surface area contributed by atoms with Crippen LogP contribution in [0.2, 0.25) is 5.02 Å². The molecule has 1 fully saturated rings. The van der Waals surface area contributed by atoms with Crippen molar-refractivity contribution in [3.05, 3.63) is 58.6 Å². The highest BCUT2D eigenvalue weighted by atomic mass is 35.5. The van der Waals surface area contributed by atoms with Gasteiger partial charge in [-0.3, -0.25) is 0 Å². The van der Waals surface area contributed by atoms with Crippen molar-refractivity contribution in [1.82, 2.24) is 0 Å². The molecule has 0 radical (unpaired) electrons. The lowest BCUT2D eigenvalue weighted by molar-refractivity contribution is 0.867. The zero-order valence-electron chi connectivity index (χ0n) is 11.5. The van der Waals surface area contributed by atoms with E-state index in [2.05, 4.69) is 56.3 Å². The van der Waals surface area contributed by atoms with Gasteiger partial charge in [-0.15, -0.1) is 0 Å². The van der Waals surface area contributed by atoms with E-state index in [1.54, 1.807) is 0 Å². The quantitative estimate of drug-likeness (QED) is 0.641. The zero-order valence-corrected chi connectivity index (χ0v) is 12.2. The maximum absolute atomic E-state index is 6.55. The van der Waals surface area contributed by atoms with Crippen LogP contribution >= 0.6 is 11.6 Å². The van der Waals surface area contributed by atoms with Crippen LogP contribution in [0.3, 0.4) is 0 Å². The van der Waals surface area contributed by atoms with Crippen LogP contribution < -0.4 is 0 Å². The molecule has 2 aromatic rings. The molecule has 19 heavy (non-hydrogen) atoms. The van der Waals surface area contributed by atoms with Crippen LogP contribution in [0.1, 0.15) is 49.7 Å². The Labute approximate surface area is 120 Å². The van der Waals surface area contributed by atoms with Crippen LogP contribution in [0.25, 0.3) is 11.1 Å². The molecule has 2 aromatic carbocycles. The van der Waals surface area contributed by atoms with Crippen LogP contribution in [-0.2, 0) is 0 Å². The Morgan fingerprint density at radius 1 is 1.00 bits per heavy atom. The molecule has 0 heterocycles. The van der Waals surface area contributed by atoms with Crippen molar-refractivity contribution in [2.45, 2.75) is 38.5 Å². The van der Waals surface area contributed by atoms with Gasteiger partial charge in [-0.1, -0.05) is 67.9 Å². The Hall–Kier alpha value is -1.27. The monoisotopic (exact) mass is 270 g/mol. The van der Waals surface area contributed by atoms with Gasteiger partial charge >= 0.3 is 0 Å². The van der Waals surface area contributed by atoms with E-state index in [0.717, 1.165) is 16.5 Å². The number of hydrogen-bond acceptors (Lipinski definition) is 0. The lowest BCUT2D eigenvalue weighted by Gasteiger charge is -2.12. The summed E-state index contributed by atoms with van der Waals surface area (Å²) in [7, 11) is 0. The maximum Gasteiger partial charge on any atom is 0.0518 e. The topological polar surface area (TPSA) is 0 Å². The standard InChI is InChI=1S/C18H19Cl/c1-12(2)16-4-3-5-17(18(16)19)15-10-8-14(9-11-15)13-6-7-13/h3-5,8-13H,6-7H2,1-2H3. The normalized spacial score (nSPS) is 14.9. The first-order valence-corrected chi connectivity index (χ1v) is 7.43. The largest absolute Gasteiger partial charge is 0.0834 e. The van der Waals surface area contributed by atoms with E-state index in [4.69, 9.17) is 11.6 Å². The SMILES string of the molecule is CC(C)c1cccc(-c2ccc(C3CC3)cc2)c1Cl. The van der Waals surface area contributed by atoms with Crippen molar-refractivity contribution in [3.63, 3.8) is 0 Å². The average Bonchev–Trinajstić information content (AvgIpc) is 3.23. The molecule has 0 bridgehead atoms. The molecule has 0 atom stereocenters. The van der Waals surface area contributed by atoms with E-state index in [-0.39, 0.29) is 0 Å². The molecular formula is C18H19Cl. The minimum Gasteiger partial charge on any atom is -0.0834 e. The van der Waals surface area contributed by atoms with E-state index in [1.165, 1.54) is 29.5 Å². The molecule has 1 aliphatic rings. The maximum atomic E-state index is 6.55. The van der Waals surface area contributed by atoms with Crippen molar-refractivity contribution in [2.24, 2.45) is 0 Å². The molecule has 0 aliphatic heterocycles. The molecule has 0 N–H and O–H groups in total. The number of hydrogen-bond donors (Lipinski definition) is 0. The van der Waals surface area contributed by atoms with Crippen LogP contribution in [0.5, 0.6) is 0 Å². The summed E-state index contributed by atoms with van der Waals surface area (Å²) in [5, 5.41) is 0.900. The number of rotatable bonds is 3. The summed E-state index contributed by atoms with van der Waals surface area (Å²) in [6, 6.07) is 15.3. The summed E-state index contributed by atoms with van der Waals surface area (Å²) in [5.74, 6) is 1.27. The third kappa shape index (κ3) is 2.55.